The Labute approximate surface area is 141 Å². The van der Waals surface area contributed by atoms with E-state index in [1.807, 2.05) is 30.3 Å². The van der Waals surface area contributed by atoms with Crippen molar-refractivity contribution in [2.45, 2.75) is 51.1 Å². The second-order valence-corrected chi connectivity index (χ2v) is 8.17. The molecule has 0 N–H and O–H groups in total. The summed E-state index contributed by atoms with van der Waals surface area (Å²) in [5.41, 5.74) is 1.44. The van der Waals surface area contributed by atoms with Gasteiger partial charge in [0.15, 0.2) is 14.3 Å². The van der Waals surface area contributed by atoms with Crippen LogP contribution in [0.5, 0.6) is 5.75 Å². The number of aryl methyl sites for hydroxylation is 1. The lowest BCUT2D eigenvalue weighted by atomic mass is 10.1. The van der Waals surface area contributed by atoms with Crippen molar-refractivity contribution in [3.63, 3.8) is 0 Å². The van der Waals surface area contributed by atoms with Gasteiger partial charge >= 0.3 is 0 Å². The van der Waals surface area contributed by atoms with E-state index in [9.17, 15) is 0 Å². The van der Waals surface area contributed by atoms with Crippen molar-refractivity contribution in [1.82, 2.24) is 0 Å². The van der Waals surface area contributed by atoms with Gasteiger partial charge in [0.25, 0.3) is 0 Å². The molecule has 2 nitrogen and oxygen atoms in total. The van der Waals surface area contributed by atoms with E-state index in [4.69, 9.17) is 4.84 Å². The van der Waals surface area contributed by atoms with E-state index in [1.165, 1.54) is 49.8 Å². The van der Waals surface area contributed by atoms with Gasteiger partial charge < -0.3 is 4.84 Å². The average molecular weight is 326 g/mol. The van der Waals surface area contributed by atoms with Gasteiger partial charge in [-0.05, 0) is 42.6 Å². The fraction of sp³-hybridized carbons (Fsp3) is 0.400. The number of hydrogen-bond donors (Lipinski definition) is 0. The fourth-order valence-corrected chi connectivity index (χ4v) is 4.59. The Morgan fingerprint density at radius 2 is 1.48 bits per heavy atom. The minimum Gasteiger partial charge on any atom is -0.368 e. The zero-order valence-electron chi connectivity index (χ0n) is 14.1. The first-order valence-corrected chi connectivity index (χ1v) is 10.6. The smallest absolute Gasteiger partial charge is 0.181 e. The molecule has 0 aliphatic heterocycles. The molecule has 0 amide bonds. The van der Waals surface area contributed by atoms with Crippen LogP contribution < -0.4 is 4.84 Å². The molecule has 2 aromatic carbocycles. The number of benzene rings is 2. The molecule has 0 bridgehead atoms. The molecular weight excluding hydrogens is 298 g/mol. The van der Waals surface area contributed by atoms with Crippen molar-refractivity contribution in [2.75, 3.05) is 0 Å². The van der Waals surface area contributed by atoms with E-state index >= 15 is 0 Å². The molecule has 0 atom stereocenters. The standard InChI is InChI=1S/C20H27NOSi/c1-2-3-17-23(21-22-20-15-8-5-9-16-20)18-11-10-14-19-12-6-4-7-13-19/h4-9,12-13,15-16H,2-3,10-11,14,17-18H2,1H3. The first-order valence-electron chi connectivity index (χ1n) is 8.70. The van der Waals surface area contributed by atoms with E-state index in [1.54, 1.807) is 0 Å². The molecule has 0 aliphatic carbocycles. The summed E-state index contributed by atoms with van der Waals surface area (Å²) in [5.74, 6) is 0.857. The van der Waals surface area contributed by atoms with Crippen LogP contribution in [0.25, 0.3) is 0 Å². The lowest BCUT2D eigenvalue weighted by Crippen LogP contribution is -2.03. The van der Waals surface area contributed by atoms with Crippen molar-refractivity contribution in [2.24, 2.45) is 4.80 Å². The molecule has 0 unspecified atom stereocenters. The van der Waals surface area contributed by atoms with Gasteiger partial charge in [0.1, 0.15) is 0 Å². The number of nitrogens with zero attached hydrogens (tertiary/aromatic N) is 1. The van der Waals surface area contributed by atoms with E-state index in [0.29, 0.717) is 0 Å². The Bertz CT molecular complexity index is 569. The molecule has 0 radical (unpaired) electrons. The van der Waals surface area contributed by atoms with Crippen LogP contribution in [-0.4, -0.2) is 8.59 Å². The highest BCUT2D eigenvalue weighted by Crippen LogP contribution is 2.13. The number of para-hydroxylation sites is 1. The van der Waals surface area contributed by atoms with Gasteiger partial charge in [-0.3, -0.25) is 0 Å². The minimum absolute atomic E-state index is 0.756. The topological polar surface area (TPSA) is 21.6 Å². The quantitative estimate of drug-likeness (QED) is 0.295. The summed E-state index contributed by atoms with van der Waals surface area (Å²) in [6.45, 7) is 2.24. The zero-order chi connectivity index (χ0) is 16.2. The maximum atomic E-state index is 5.65. The molecule has 2 rings (SSSR count). The molecule has 0 aliphatic rings. The van der Waals surface area contributed by atoms with Crippen LogP contribution in [-0.2, 0) is 6.42 Å². The third-order valence-electron chi connectivity index (χ3n) is 3.87. The van der Waals surface area contributed by atoms with Crippen molar-refractivity contribution in [3.05, 3.63) is 66.2 Å². The summed E-state index contributed by atoms with van der Waals surface area (Å²) in [7, 11) is -0.756. The third-order valence-corrected chi connectivity index (χ3v) is 6.08. The average Bonchev–Trinajstić information content (AvgIpc) is 2.62. The van der Waals surface area contributed by atoms with Crippen molar-refractivity contribution < 1.29 is 4.84 Å². The maximum Gasteiger partial charge on any atom is 0.181 e. The molecule has 0 saturated carbocycles. The first kappa shape index (κ1) is 17.6. The molecule has 23 heavy (non-hydrogen) atoms. The molecule has 0 heterocycles. The Hall–Kier alpha value is -1.74. The Balaban J connectivity index is 1.78. The molecule has 0 aromatic heterocycles. The van der Waals surface area contributed by atoms with Crippen LogP contribution in [0.4, 0.5) is 0 Å². The summed E-state index contributed by atoms with van der Waals surface area (Å²) < 4.78 is 0. The zero-order valence-corrected chi connectivity index (χ0v) is 15.1. The number of unbranched alkanes of at least 4 members (excludes halogenated alkanes) is 2. The summed E-state index contributed by atoms with van der Waals surface area (Å²) in [6.07, 6.45) is 6.15. The Morgan fingerprint density at radius 1 is 0.826 bits per heavy atom. The first-order chi connectivity index (χ1) is 11.4. The maximum absolute atomic E-state index is 5.65. The van der Waals surface area contributed by atoms with Crippen LogP contribution in [0.15, 0.2) is 65.5 Å². The number of hydrogen-bond acceptors (Lipinski definition) is 2. The summed E-state index contributed by atoms with van der Waals surface area (Å²) >= 11 is 0. The predicted octanol–water partition coefficient (Wildman–Crippen LogP) is 6.06. The van der Waals surface area contributed by atoms with Gasteiger partial charge in [-0.25, -0.2) is 0 Å². The van der Waals surface area contributed by atoms with Gasteiger partial charge in [-0.1, -0.05) is 74.7 Å². The predicted molar refractivity (Wildman–Crippen MR) is 99.2 cm³/mol. The van der Waals surface area contributed by atoms with Crippen LogP contribution in [0.3, 0.4) is 0 Å². The van der Waals surface area contributed by atoms with Gasteiger partial charge in [0.2, 0.25) is 0 Å². The summed E-state index contributed by atoms with van der Waals surface area (Å²) in [4.78, 5) is 10.2. The van der Waals surface area contributed by atoms with Gasteiger partial charge in [-0.15, -0.1) is 4.80 Å². The molecule has 2 aromatic rings. The van der Waals surface area contributed by atoms with Crippen molar-refractivity contribution >= 4 is 8.59 Å². The van der Waals surface area contributed by atoms with E-state index < -0.39 is 8.59 Å². The van der Waals surface area contributed by atoms with E-state index in [2.05, 4.69) is 42.1 Å². The number of rotatable bonds is 10. The van der Waals surface area contributed by atoms with Gasteiger partial charge in [0, 0.05) is 0 Å². The van der Waals surface area contributed by atoms with Crippen LogP contribution in [0.2, 0.25) is 12.1 Å². The van der Waals surface area contributed by atoms with Crippen LogP contribution in [0, 0.1) is 0 Å². The lowest BCUT2D eigenvalue weighted by molar-refractivity contribution is 0.343. The largest absolute Gasteiger partial charge is 0.368 e. The molecule has 0 fully saturated rings. The summed E-state index contributed by atoms with van der Waals surface area (Å²) in [5, 5.41) is 0. The van der Waals surface area contributed by atoms with Gasteiger partial charge in [-0.2, -0.15) is 0 Å². The molecular formula is C20H27NOSi. The third kappa shape index (κ3) is 7.38. The minimum atomic E-state index is -0.756. The van der Waals surface area contributed by atoms with Crippen LogP contribution in [0.1, 0.15) is 38.2 Å². The van der Waals surface area contributed by atoms with Crippen molar-refractivity contribution in [3.8, 4) is 5.75 Å². The highest BCUT2D eigenvalue weighted by Gasteiger charge is 2.04. The van der Waals surface area contributed by atoms with Crippen molar-refractivity contribution in [1.29, 1.82) is 0 Å². The second-order valence-electron chi connectivity index (χ2n) is 5.86. The van der Waals surface area contributed by atoms with Gasteiger partial charge in [0.05, 0.1) is 0 Å². The SMILES string of the molecule is CCCC[Si](CCCCc1ccccc1)=NOc1ccccc1. The lowest BCUT2D eigenvalue weighted by Gasteiger charge is -2.06. The highest BCUT2D eigenvalue weighted by atomic mass is 28.2. The molecule has 3 heteroatoms. The summed E-state index contributed by atoms with van der Waals surface area (Å²) in [6, 6.07) is 23.1. The normalized spacial score (nSPS) is 11.4. The molecule has 122 valence electrons. The monoisotopic (exact) mass is 325 g/mol. The molecule has 0 spiro atoms. The van der Waals surface area contributed by atoms with Crippen LogP contribution >= 0.6 is 0 Å². The molecule has 0 saturated heterocycles. The second kappa shape index (κ2) is 10.9. The van der Waals surface area contributed by atoms with E-state index in [0.717, 1.165) is 5.75 Å². The fourth-order valence-electron chi connectivity index (χ4n) is 2.50. The Kier molecular flexibility index (Phi) is 8.34. The van der Waals surface area contributed by atoms with E-state index in [-0.39, 0.29) is 0 Å². The highest BCUT2D eigenvalue weighted by molar-refractivity contribution is 6.46. The Morgan fingerprint density at radius 3 is 2.17 bits per heavy atom.